The number of carbonyl (C=O) groups is 20. The molecule has 56 nitrogen and oxygen atoms in total. The molecular weight excluding hydrogens is 2450 g/mol. The fraction of sp³-hybridized carbons (Fsp3) is 0.753. The molecule has 0 aliphatic carbocycles. The zero-order valence-electron chi connectivity index (χ0n) is 79.2. The minimum atomic E-state index is -1.93. The van der Waals surface area contributed by atoms with Crippen molar-refractivity contribution in [3.05, 3.63) is 0 Å². The normalized spacial score (nSPS) is 18.7. The van der Waals surface area contributed by atoms with Gasteiger partial charge in [-0.15, -0.1) is 0 Å². The number of nitrogens with zero attached hydrogens (tertiary/aromatic N) is 16. The average Bonchev–Trinajstić information content (AvgIpc) is 0.844. The van der Waals surface area contributed by atoms with E-state index in [1.54, 1.807) is 19.6 Å². The summed E-state index contributed by atoms with van der Waals surface area (Å²) in [5.74, 6) is -25.2. The van der Waals surface area contributed by atoms with Crippen LogP contribution < -0.4 is 104 Å². The van der Waals surface area contributed by atoms with Crippen LogP contribution in [0, 0.1) is 165 Å². The van der Waals surface area contributed by atoms with Gasteiger partial charge in [0.05, 0.1) is 122 Å². The Kier molecular flexibility index (Phi) is 70.1. The summed E-state index contributed by atoms with van der Waals surface area (Å²) >= 11 is 0. The van der Waals surface area contributed by atoms with Gasteiger partial charge in [0.25, 0.3) is 0 Å². The van der Waals surface area contributed by atoms with Gasteiger partial charge in [-0.2, -0.15) is 0 Å². The van der Waals surface area contributed by atoms with Crippen molar-refractivity contribution in [1.82, 2.24) is 121 Å². The zero-order chi connectivity index (χ0) is 102. The fourth-order valence-electron chi connectivity index (χ4n) is 15.5. The fourth-order valence-corrected chi connectivity index (χ4v) is 15.5. The third-order valence-electron chi connectivity index (χ3n) is 23.8. The predicted molar refractivity (Wildman–Crippen MR) is 448 cm³/mol. The maximum Gasteiger partial charge on any atom is 3.00 e. The quantitative estimate of drug-likeness (QED) is 0.0280. The summed E-state index contributed by atoms with van der Waals surface area (Å²) in [5.41, 5.74) is -1.93. The Bertz CT molecular complexity index is 3420. The van der Waals surface area contributed by atoms with Gasteiger partial charge in [0, 0.05) is 320 Å². The van der Waals surface area contributed by atoms with E-state index in [0.717, 1.165) is 0 Å². The summed E-state index contributed by atoms with van der Waals surface area (Å²) in [4.78, 5) is 281. The SMILES string of the molecule is C[C@@H](C(=O)NCC(=O)NCC(CNC(=O)CNC(=O)[C@H](C)N1CCN(CC(=O)[O-])CCN(CC(=O)[O-])CCN(CC(=O)[O-])CC1)(CNC(=O)CNC(=O)[C@H](C)N1CCN(CC(=O)[O-])CCN(CC(=O)[O-])CCN(CC(=O)[O-])CC1)CNC(=O)CNC(=O)[C@H](C)N1CCN(CC(=O)[O-])CCN(CC(=O)[O-])CCN(CC(=O)[O-])CC1)N1CCN(CC(=O)[O-])CCN(CC(=O)[O-])CCN(CC(=O)[O-])CC1.[Gd+3].[Gd+3].[Gd+3].[Gd+3]. The average molecular weight is 2580 g/mol. The Balaban J connectivity index is 0.0000490. The number of carbonyl (C=O) groups excluding carboxylic acids is 20. The molecule has 0 saturated carbocycles. The first-order chi connectivity index (χ1) is 64.6. The van der Waals surface area contributed by atoms with Crippen molar-refractivity contribution in [3.63, 3.8) is 0 Å². The Morgan fingerprint density at radius 2 is 0.284 bits per heavy atom. The molecule has 4 saturated heterocycles. The summed E-state index contributed by atoms with van der Waals surface area (Å²) in [6, 6.07) is -4.76. The van der Waals surface area contributed by atoms with E-state index in [1.807, 2.05) is 0 Å². The molecular formula is C81H128Gd4N24O32. The molecule has 4 atom stereocenters. The van der Waals surface area contributed by atoms with Gasteiger partial charge in [-0.3, -0.25) is 117 Å². The van der Waals surface area contributed by atoms with Gasteiger partial charge in [-0.05, 0) is 27.7 Å². The van der Waals surface area contributed by atoms with Crippen LogP contribution in [-0.2, 0) is 95.9 Å². The van der Waals surface area contributed by atoms with E-state index in [2.05, 4.69) is 42.5 Å². The van der Waals surface area contributed by atoms with E-state index in [9.17, 15) is 157 Å². The standard InChI is InChI=1S/C81H140N24O32.4Gd/c1-57(102-29-21-94(45-69(118)119)13-5-90(41-65(110)111)6-14-95(22-30-102)46-70(120)121)77(134)82-37-61(106)86-53-81(54-87-62(107)38-83-78(135)58(2)103-31-23-96(47-71(122)123)15-7-91(42-66(112)113)8-16-97(24-32-103)48-72(124)125,55-88-63(108)39-84-79(136)59(3)104-33-25-98(49-73(126)127)17-9-92(43-67(114)115)10-18-99(26-34-104)50-74(128)129)56-89-64(109)40-85-80(137)60(4)105-35-27-100(51-75(130)131)19-11-93(44-68(116)117)12-20-101(28-36-105)52-76(132)133;;;;/h57-60H,5-56H2,1-4H3,(H,82,134)(H,83,135)(H,84,136)(H,85,137)(H,86,106)(H,87,107)(H,88,108)(H,89,109)(H,110,111)(H,112,113)(H,114,115)(H,116,117)(H,118,119)(H,120,121)(H,122,123)(H,124,125)(H,126,127)(H,128,129)(H,130,131)(H,132,133);;;;/q;4*+3/p-12/t57-,58-,59-,60-;;;;/m0..../s1. The van der Waals surface area contributed by atoms with Crippen LogP contribution in [0.1, 0.15) is 27.7 Å². The zero-order valence-corrected chi connectivity index (χ0v) is 88.3. The van der Waals surface area contributed by atoms with Gasteiger partial charge in [0.15, 0.2) is 0 Å². The van der Waals surface area contributed by atoms with E-state index in [4.69, 9.17) is 0 Å². The van der Waals surface area contributed by atoms with Crippen molar-refractivity contribution in [2.24, 2.45) is 5.41 Å². The van der Waals surface area contributed by atoms with Gasteiger partial charge in [-0.25, -0.2) is 0 Å². The van der Waals surface area contributed by atoms with Gasteiger partial charge in [-0.1, -0.05) is 0 Å². The monoisotopic (exact) mass is 2580 g/mol. The molecule has 0 aromatic carbocycles. The van der Waals surface area contributed by atoms with E-state index < -0.39 is 279 Å². The molecule has 4 fully saturated rings. The first kappa shape index (κ1) is 135. The number of hydrogen-bond acceptors (Lipinski definition) is 48. The van der Waals surface area contributed by atoms with Crippen molar-refractivity contribution in [2.75, 3.05) is 340 Å². The molecule has 4 radical (unpaired) electrons. The molecule has 8 amide bonds. The van der Waals surface area contributed by atoms with Crippen LogP contribution in [0.5, 0.6) is 0 Å². The Hall–Kier alpha value is -5.94. The smallest absolute Gasteiger partial charge is 0.549 e. The first-order valence-corrected chi connectivity index (χ1v) is 44.8. The Labute approximate surface area is 944 Å². The molecule has 4 aliphatic rings. The van der Waals surface area contributed by atoms with E-state index in [1.165, 1.54) is 86.5 Å². The van der Waals surface area contributed by atoms with Crippen LogP contribution in [0.4, 0.5) is 0 Å². The van der Waals surface area contributed by atoms with Crippen LogP contribution in [0.2, 0.25) is 0 Å². The van der Waals surface area contributed by atoms with Crippen molar-refractivity contribution >= 4 is 119 Å². The molecule has 4 rings (SSSR count). The predicted octanol–water partition coefficient (Wildman–Crippen LogP) is -29.7. The molecule has 141 heavy (non-hydrogen) atoms. The number of nitrogens with one attached hydrogen (secondary N) is 8. The molecule has 0 aromatic heterocycles. The summed E-state index contributed by atoms with van der Waals surface area (Å²) in [6.07, 6.45) is 0. The van der Waals surface area contributed by atoms with Crippen LogP contribution in [0.3, 0.4) is 0 Å². The largest absolute Gasteiger partial charge is 3.00 e. The molecule has 796 valence electrons. The number of carboxylic acid groups (broad SMARTS) is 12. The Morgan fingerprint density at radius 1 is 0.184 bits per heavy atom. The maximum absolute atomic E-state index is 14.4. The van der Waals surface area contributed by atoms with Crippen LogP contribution in [-0.4, -0.2) is 562 Å². The number of amides is 8. The van der Waals surface area contributed by atoms with E-state index in [0.29, 0.717) is 0 Å². The van der Waals surface area contributed by atoms with Crippen molar-refractivity contribution in [3.8, 4) is 0 Å². The second kappa shape index (κ2) is 73.2. The minimum absolute atomic E-state index is 0. The maximum atomic E-state index is 14.4. The summed E-state index contributed by atoms with van der Waals surface area (Å²) in [5, 5.41) is 163. The summed E-state index contributed by atoms with van der Waals surface area (Å²) in [7, 11) is 0. The third kappa shape index (κ3) is 59.6. The van der Waals surface area contributed by atoms with Gasteiger partial charge >= 0.3 is 160 Å². The van der Waals surface area contributed by atoms with E-state index >= 15 is 0 Å². The van der Waals surface area contributed by atoms with Crippen molar-refractivity contribution in [2.45, 2.75) is 51.9 Å². The van der Waals surface area contributed by atoms with Crippen molar-refractivity contribution < 1.29 is 317 Å². The van der Waals surface area contributed by atoms with Crippen molar-refractivity contribution in [1.29, 1.82) is 0 Å². The molecule has 0 unspecified atom stereocenters. The molecule has 0 bridgehead atoms. The van der Waals surface area contributed by atoms with Crippen LogP contribution >= 0.6 is 0 Å². The number of carboxylic acids is 12. The third-order valence-corrected chi connectivity index (χ3v) is 23.8. The van der Waals surface area contributed by atoms with Crippen LogP contribution in [0.15, 0.2) is 0 Å². The Morgan fingerprint density at radius 3 is 0.383 bits per heavy atom. The molecule has 4 aliphatic heterocycles. The number of rotatable bonds is 48. The number of hydrogen-bond donors (Lipinski definition) is 8. The number of aliphatic carboxylic acids is 12. The van der Waals surface area contributed by atoms with E-state index in [-0.39, 0.29) is 369 Å². The first-order valence-electron chi connectivity index (χ1n) is 44.8. The molecule has 4 heterocycles. The van der Waals surface area contributed by atoms with Crippen LogP contribution in [0.25, 0.3) is 0 Å². The second-order valence-electron chi connectivity index (χ2n) is 34.1. The summed E-state index contributed by atoms with van der Waals surface area (Å²) < 4.78 is 0. The second-order valence-corrected chi connectivity index (χ2v) is 34.1. The topological polar surface area (TPSA) is 766 Å². The van der Waals surface area contributed by atoms with Gasteiger partial charge < -0.3 is 161 Å². The van der Waals surface area contributed by atoms with Gasteiger partial charge in [0.1, 0.15) is 0 Å². The molecule has 0 aromatic rings. The molecule has 8 N–H and O–H groups in total. The molecule has 0 spiro atoms. The van der Waals surface area contributed by atoms with Gasteiger partial charge in [0.2, 0.25) is 47.3 Å². The summed E-state index contributed by atoms with van der Waals surface area (Å²) in [6.45, 7) is -10.0. The minimum Gasteiger partial charge on any atom is -0.549 e. The molecule has 60 heteroatoms.